The van der Waals surface area contributed by atoms with Gasteiger partial charge in [0.05, 0.1) is 5.69 Å². The Morgan fingerprint density at radius 2 is 2.22 bits per heavy atom. The first-order valence-corrected chi connectivity index (χ1v) is 7.21. The van der Waals surface area contributed by atoms with Gasteiger partial charge in [-0.2, -0.15) is 5.10 Å². The number of aromatic amines is 1. The molecule has 2 aromatic heterocycles. The predicted molar refractivity (Wildman–Crippen MR) is 72.4 cm³/mol. The van der Waals surface area contributed by atoms with Crippen molar-refractivity contribution in [2.45, 2.75) is 31.3 Å². The molecule has 0 spiro atoms. The summed E-state index contributed by atoms with van der Waals surface area (Å²) in [4.78, 5) is 9.12. The van der Waals surface area contributed by atoms with Crippen LogP contribution < -0.4 is 5.32 Å². The summed E-state index contributed by atoms with van der Waals surface area (Å²) in [6, 6.07) is 1.97. The molecule has 6 heteroatoms. The van der Waals surface area contributed by atoms with Crippen molar-refractivity contribution in [3.05, 3.63) is 23.0 Å². The second kappa shape index (κ2) is 4.61. The zero-order chi connectivity index (χ0) is 12.5. The van der Waals surface area contributed by atoms with Crippen molar-refractivity contribution in [2.75, 3.05) is 11.6 Å². The van der Waals surface area contributed by atoms with Gasteiger partial charge in [0.15, 0.2) is 11.0 Å². The summed E-state index contributed by atoms with van der Waals surface area (Å²) in [6.45, 7) is 1.98. The predicted octanol–water partition coefficient (Wildman–Crippen LogP) is 2.46. The Kier molecular flexibility index (Phi) is 2.95. The van der Waals surface area contributed by atoms with Crippen molar-refractivity contribution in [1.82, 2.24) is 20.2 Å². The van der Waals surface area contributed by atoms with Gasteiger partial charge in [0.1, 0.15) is 5.82 Å². The van der Waals surface area contributed by atoms with E-state index in [-0.39, 0.29) is 0 Å². The van der Waals surface area contributed by atoms with Crippen LogP contribution in [0.5, 0.6) is 0 Å². The Morgan fingerprint density at radius 3 is 2.94 bits per heavy atom. The normalized spacial score (nSPS) is 13.7. The lowest BCUT2D eigenvalue weighted by molar-refractivity contribution is 0.878. The van der Waals surface area contributed by atoms with Crippen molar-refractivity contribution in [1.29, 1.82) is 0 Å². The summed E-state index contributed by atoms with van der Waals surface area (Å²) in [6.07, 6.45) is 5.27. The zero-order valence-corrected chi connectivity index (χ0v) is 11.3. The Morgan fingerprint density at radius 1 is 1.33 bits per heavy atom. The van der Waals surface area contributed by atoms with Crippen molar-refractivity contribution in [2.24, 2.45) is 0 Å². The van der Waals surface area contributed by atoms with Gasteiger partial charge in [-0.05, 0) is 32.4 Å². The highest BCUT2D eigenvalue weighted by Gasteiger charge is 2.19. The van der Waals surface area contributed by atoms with E-state index in [0.29, 0.717) is 0 Å². The molecule has 18 heavy (non-hydrogen) atoms. The first kappa shape index (κ1) is 11.5. The average molecular weight is 261 g/mol. The van der Waals surface area contributed by atoms with E-state index in [0.717, 1.165) is 41.7 Å². The molecule has 0 saturated carbocycles. The highest BCUT2D eigenvalue weighted by molar-refractivity contribution is 7.98. The van der Waals surface area contributed by atoms with Crippen LogP contribution >= 0.6 is 11.8 Å². The molecule has 0 radical (unpaired) electrons. The molecule has 0 amide bonds. The second-order valence-electron chi connectivity index (χ2n) is 4.40. The highest BCUT2D eigenvalue weighted by Crippen LogP contribution is 2.29. The highest BCUT2D eigenvalue weighted by atomic mass is 32.2. The Bertz CT molecular complexity index is 578. The van der Waals surface area contributed by atoms with E-state index in [1.807, 2.05) is 19.2 Å². The van der Waals surface area contributed by atoms with Gasteiger partial charge in [-0.1, -0.05) is 11.8 Å². The van der Waals surface area contributed by atoms with Crippen LogP contribution in [0.3, 0.4) is 0 Å². The lowest BCUT2D eigenvalue weighted by Gasteiger charge is -2.09. The van der Waals surface area contributed by atoms with E-state index >= 15 is 0 Å². The minimum atomic E-state index is 0.812. The molecular weight excluding hydrogens is 246 g/mol. The zero-order valence-electron chi connectivity index (χ0n) is 10.4. The van der Waals surface area contributed by atoms with E-state index in [9.17, 15) is 0 Å². The third-order valence-corrected chi connectivity index (χ3v) is 3.60. The SMILES string of the molecule is CSc1nc2c(c(Nc3cc(C)[nH]n3)n1)CCC2. The minimum absolute atomic E-state index is 0.812. The molecule has 0 atom stereocenters. The fraction of sp³-hybridized carbons (Fsp3) is 0.417. The van der Waals surface area contributed by atoms with Crippen LogP contribution in [-0.4, -0.2) is 26.4 Å². The van der Waals surface area contributed by atoms with E-state index in [1.165, 1.54) is 11.3 Å². The molecule has 5 nitrogen and oxygen atoms in total. The van der Waals surface area contributed by atoms with Crippen molar-refractivity contribution < 1.29 is 0 Å². The Labute approximate surface area is 110 Å². The van der Waals surface area contributed by atoms with Crippen molar-refractivity contribution in [3.8, 4) is 0 Å². The van der Waals surface area contributed by atoms with Gasteiger partial charge in [0.25, 0.3) is 0 Å². The standard InChI is InChI=1S/C12H15N5S/c1-7-6-10(17-16-7)14-11-8-4-3-5-9(8)13-12(15-11)18-2/h6H,3-5H2,1-2H3,(H2,13,14,15,16,17). The van der Waals surface area contributed by atoms with Crippen LogP contribution in [0.25, 0.3) is 0 Å². The fourth-order valence-electron chi connectivity index (χ4n) is 2.21. The van der Waals surface area contributed by atoms with Crippen LogP contribution in [0.1, 0.15) is 23.4 Å². The van der Waals surface area contributed by atoms with Gasteiger partial charge in [-0.15, -0.1) is 0 Å². The van der Waals surface area contributed by atoms with E-state index < -0.39 is 0 Å². The average Bonchev–Trinajstić information content (AvgIpc) is 2.98. The number of rotatable bonds is 3. The number of aromatic nitrogens is 4. The number of aryl methyl sites for hydroxylation is 2. The number of thioether (sulfide) groups is 1. The molecule has 94 valence electrons. The molecule has 1 aliphatic carbocycles. The number of fused-ring (bicyclic) bond motifs is 1. The van der Waals surface area contributed by atoms with Crippen LogP contribution in [-0.2, 0) is 12.8 Å². The van der Waals surface area contributed by atoms with E-state index in [1.54, 1.807) is 11.8 Å². The van der Waals surface area contributed by atoms with Gasteiger partial charge in [-0.3, -0.25) is 5.10 Å². The monoisotopic (exact) mass is 261 g/mol. The maximum Gasteiger partial charge on any atom is 0.189 e. The number of hydrogen-bond acceptors (Lipinski definition) is 5. The number of anilines is 2. The number of nitrogens with one attached hydrogen (secondary N) is 2. The number of H-pyrrole nitrogens is 1. The van der Waals surface area contributed by atoms with Gasteiger partial charge in [0.2, 0.25) is 0 Å². The summed E-state index contributed by atoms with van der Waals surface area (Å²) in [5, 5.41) is 11.2. The molecule has 2 N–H and O–H groups in total. The molecule has 2 aromatic rings. The maximum absolute atomic E-state index is 4.56. The number of hydrogen-bond donors (Lipinski definition) is 2. The topological polar surface area (TPSA) is 66.5 Å². The van der Waals surface area contributed by atoms with Crippen molar-refractivity contribution in [3.63, 3.8) is 0 Å². The first-order chi connectivity index (χ1) is 8.76. The van der Waals surface area contributed by atoms with Crippen LogP contribution in [0.4, 0.5) is 11.6 Å². The van der Waals surface area contributed by atoms with Gasteiger partial charge in [0, 0.05) is 17.3 Å². The van der Waals surface area contributed by atoms with E-state index in [4.69, 9.17) is 0 Å². The summed E-state index contributed by atoms with van der Waals surface area (Å²) in [7, 11) is 0. The molecule has 0 aromatic carbocycles. The van der Waals surface area contributed by atoms with Gasteiger partial charge < -0.3 is 5.32 Å². The van der Waals surface area contributed by atoms with Gasteiger partial charge >= 0.3 is 0 Å². The van der Waals surface area contributed by atoms with Crippen molar-refractivity contribution >= 4 is 23.4 Å². The molecule has 0 unspecified atom stereocenters. The molecule has 0 bridgehead atoms. The van der Waals surface area contributed by atoms with Crippen LogP contribution in [0.15, 0.2) is 11.2 Å². The summed E-state index contributed by atoms with van der Waals surface area (Å²) < 4.78 is 0. The maximum atomic E-state index is 4.56. The quantitative estimate of drug-likeness (QED) is 0.656. The molecule has 3 rings (SSSR count). The number of nitrogens with zero attached hydrogens (tertiary/aromatic N) is 3. The van der Waals surface area contributed by atoms with E-state index in [2.05, 4.69) is 25.5 Å². The Balaban J connectivity index is 1.98. The molecular formula is C12H15N5S. The molecule has 0 aliphatic heterocycles. The van der Waals surface area contributed by atoms with Crippen LogP contribution in [0, 0.1) is 6.92 Å². The molecule has 0 fully saturated rings. The smallest absolute Gasteiger partial charge is 0.189 e. The molecule has 2 heterocycles. The minimum Gasteiger partial charge on any atom is -0.323 e. The molecule has 1 aliphatic rings. The third kappa shape index (κ3) is 2.08. The summed E-state index contributed by atoms with van der Waals surface area (Å²) in [5.41, 5.74) is 3.46. The lowest BCUT2D eigenvalue weighted by atomic mass is 10.2. The lowest BCUT2D eigenvalue weighted by Crippen LogP contribution is -2.03. The summed E-state index contributed by atoms with van der Waals surface area (Å²) >= 11 is 1.57. The third-order valence-electron chi connectivity index (χ3n) is 3.05. The molecule has 0 saturated heterocycles. The second-order valence-corrected chi connectivity index (χ2v) is 5.17. The fourth-order valence-corrected chi connectivity index (χ4v) is 2.59. The first-order valence-electron chi connectivity index (χ1n) is 5.99. The van der Waals surface area contributed by atoms with Gasteiger partial charge in [-0.25, -0.2) is 9.97 Å². The Hall–Kier alpha value is -1.56. The van der Waals surface area contributed by atoms with Crippen LogP contribution in [0.2, 0.25) is 0 Å². The largest absolute Gasteiger partial charge is 0.323 e. The summed E-state index contributed by atoms with van der Waals surface area (Å²) in [5.74, 6) is 1.72.